The molecule has 3 nitrogen and oxygen atoms in total. The lowest BCUT2D eigenvalue weighted by Gasteiger charge is -2.08. The molecule has 1 rings (SSSR count). The maximum absolute atomic E-state index is 13.4. The zero-order chi connectivity index (χ0) is 13.5. The van der Waals surface area contributed by atoms with E-state index in [1.54, 1.807) is 6.07 Å². The molecule has 0 fully saturated rings. The van der Waals surface area contributed by atoms with Crippen LogP contribution in [0.15, 0.2) is 18.2 Å². The second-order valence-corrected chi connectivity index (χ2v) is 4.82. The van der Waals surface area contributed by atoms with Crippen LogP contribution >= 0.6 is 11.6 Å². The Bertz CT molecular complexity index is 410. The summed E-state index contributed by atoms with van der Waals surface area (Å²) < 4.78 is 13.4. The van der Waals surface area contributed by atoms with E-state index < -0.39 is 5.82 Å². The summed E-state index contributed by atoms with van der Waals surface area (Å²) in [6.07, 6.45) is 1.08. The second-order valence-electron chi connectivity index (χ2n) is 4.38. The van der Waals surface area contributed by atoms with Crippen molar-refractivity contribution in [3.05, 3.63) is 29.0 Å². The van der Waals surface area contributed by atoms with Crippen LogP contribution in [-0.2, 0) is 4.79 Å². The predicted molar refractivity (Wildman–Crippen MR) is 72.4 cm³/mol. The van der Waals surface area contributed by atoms with Gasteiger partial charge in [-0.1, -0.05) is 25.4 Å². The molecule has 0 radical (unpaired) electrons. The van der Waals surface area contributed by atoms with Gasteiger partial charge in [0.2, 0.25) is 5.91 Å². The molecule has 1 aromatic carbocycles. The molecule has 18 heavy (non-hydrogen) atoms. The molecular weight excluding hydrogens is 255 g/mol. The van der Waals surface area contributed by atoms with Crippen molar-refractivity contribution in [3.8, 4) is 0 Å². The van der Waals surface area contributed by atoms with Crippen molar-refractivity contribution in [1.82, 2.24) is 5.32 Å². The predicted octanol–water partition coefficient (Wildman–Crippen LogP) is 3.20. The summed E-state index contributed by atoms with van der Waals surface area (Å²) in [5.74, 6) is -0.710. The number of benzene rings is 1. The Morgan fingerprint density at radius 2 is 2.17 bits per heavy atom. The lowest BCUT2D eigenvalue weighted by molar-refractivity contribution is -0.116. The number of carbonyl (C=O) groups is 1. The quantitative estimate of drug-likeness (QED) is 0.781. The van der Waals surface area contributed by atoms with E-state index in [1.807, 2.05) is 13.8 Å². The van der Waals surface area contributed by atoms with Crippen molar-refractivity contribution in [3.63, 3.8) is 0 Å². The van der Waals surface area contributed by atoms with Crippen LogP contribution < -0.4 is 10.6 Å². The van der Waals surface area contributed by atoms with E-state index in [2.05, 4.69) is 10.6 Å². The van der Waals surface area contributed by atoms with E-state index in [0.717, 1.165) is 13.0 Å². The minimum atomic E-state index is -0.517. The minimum absolute atomic E-state index is 0.168. The van der Waals surface area contributed by atoms with Crippen molar-refractivity contribution in [1.29, 1.82) is 0 Å². The van der Waals surface area contributed by atoms with Crippen molar-refractivity contribution < 1.29 is 9.18 Å². The summed E-state index contributed by atoms with van der Waals surface area (Å²) in [7, 11) is 0. The molecule has 1 aromatic rings. The van der Waals surface area contributed by atoms with Gasteiger partial charge in [-0.3, -0.25) is 4.79 Å². The molecule has 0 heterocycles. The third kappa shape index (κ3) is 5.47. The summed E-state index contributed by atoms with van der Waals surface area (Å²) in [4.78, 5) is 11.6. The van der Waals surface area contributed by atoms with Gasteiger partial charge >= 0.3 is 0 Å². The third-order valence-corrected chi connectivity index (χ3v) is 2.57. The lowest BCUT2D eigenvalue weighted by atomic mass is 10.2. The Labute approximate surface area is 112 Å². The van der Waals surface area contributed by atoms with Crippen molar-refractivity contribution >= 4 is 23.2 Å². The topological polar surface area (TPSA) is 41.1 Å². The highest BCUT2D eigenvalue weighted by molar-refractivity contribution is 6.30. The van der Waals surface area contributed by atoms with Crippen LogP contribution in [0.25, 0.3) is 0 Å². The van der Waals surface area contributed by atoms with Gasteiger partial charge in [0.05, 0.1) is 5.69 Å². The van der Waals surface area contributed by atoms with Gasteiger partial charge in [-0.05, 0) is 31.2 Å². The maximum atomic E-state index is 13.4. The van der Waals surface area contributed by atoms with E-state index in [9.17, 15) is 9.18 Å². The number of anilines is 1. The minimum Gasteiger partial charge on any atom is -0.324 e. The first-order valence-corrected chi connectivity index (χ1v) is 6.35. The molecule has 2 N–H and O–H groups in total. The number of halogens is 2. The highest BCUT2D eigenvalue weighted by atomic mass is 35.5. The molecule has 0 aromatic heterocycles. The number of carbonyl (C=O) groups excluding carboxylic acids is 1. The first kappa shape index (κ1) is 14.9. The molecule has 1 amide bonds. The number of nitrogens with one attached hydrogen (secondary N) is 2. The molecule has 0 spiro atoms. The first-order valence-electron chi connectivity index (χ1n) is 5.97. The summed E-state index contributed by atoms with van der Waals surface area (Å²) in [6, 6.07) is 4.58. The fraction of sp³-hybridized carbons (Fsp3) is 0.462. The number of hydrogen-bond acceptors (Lipinski definition) is 2. The van der Waals surface area contributed by atoms with Gasteiger partial charge in [0.1, 0.15) is 5.82 Å². The number of rotatable bonds is 6. The second kappa shape index (κ2) is 7.34. The monoisotopic (exact) mass is 272 g/mol. The number of hydrogen-bond donors (Lipinski definition) is 2. The highest BCUT2D eigenvalue weighted by Gasteiger charge is 2.07. The molecule has 0 aliphatic heterocycles. The Morgan fingerprint density at radius 1 is 1.44 bits per heavy atom. The van der Waals surface area contributed by atoms with E-state index in [0.29, 0.717) is 17.5 Å². The van der Waals surface area contributed by atoms with E-state index in [-0.39, 0.29) is 11.6 Å². The summed E-state index contributed by atoms with van der Waals surface area (Å²) in [6.45, 7) is 4.86. The average Bonchev–Trinajstić information content (AvgIpc) is 2.28. The smallest absolute Gasteiger partial charge is 0.224 e. The SMILES string of the molecule is CC(C)NCCCC(=O)Nc1ccc(Cl)cc1F. The van der Waals surface area contributed by atoms with Gasteiger partial charge in [0, 0.05) is 17.5 Å². The first-order chi connectivity index (χ1) is 8.49. The average molecular weight is 273 g/mol. The van der Waals surface area contributed by atoms with Crippen LogP contribution in [-0.4, -0.2) is 18.5 Å². The van der Waals surface area contributed by atoms with Gasteiger partial charge in [-0.15, -0.1) is 0 Å². The molecule has 0 aliphatic carbocycles. The highest BCUT2D eigenvalue weighted by Crippen LogP contribution is 2.18. The molecule has 0 atom stereocenters. The Balaban J connectivity index is 2.35. The summed E-state index contributed by atoms with van der Waals surface area (Å²) in [5.41, 5.74) is 0.168. The lowest BCUT2D eigenvalue weighted by Crippen LogP contribution is -2.24. The Morgan fingerprint density at radius 3 is 2.78 bits per heavy atom. The third-order valence-electron chi connectivity index (χ3n) is 2.34. The largest absolute Gasteiger partial charge is 0.324 e. The van der Waals surface area contributed by atoms with Gasteiger partial charge < -0.3 is 10.6 Å². The van der Waals surface area contributed by atoms with Crippen LogP contribution in [0.4, 0.5) is 10.1 Å². The van der Waals surface area contributed by atoms with Crippen LogP contribution in [0.3, 0.4) is 0 Å². The Kier molecular flexibility index (Phi) is 6.09. The van der Waals surface area contributed by atoms with Gasteiger partial charge in [0.25, 0.3) is 0 Å². The van der Waals surface area contributed by atoms with E-state index >= 15 is 0 Å². The van der Waals surface area contributed by atoms with Crippen molar-refractivity contribution in [2.75, 3.05) is 11.9 Å². The van der Waals surface area contributed by atoms with Crippen LogP contribution in [0.2, 0.25) is 5.02 Å². The van der Waals surface area contributed by atoms with E-state index in [4.69, 9.17) is 11.6 Å². The zero-order valence-electron chi connectivity index (χ0n) is 10.6. The molecular formula is C13H18ClFN2O. The van der Waals surface area contributed by atoms with Crippen LogP contribution in [0, 0.1) is 5.82 Å². The maximum Gasteiger partial charge on any atom is 0.224 e. The molecule has 0 unspecified atom stereocenters. The molecule has 0 saturated carbocycles. The fourth-order valence-corrected chi connectivity index (χ4v) is 1.60. The number of amides is 1. The zero-order valence-corrected chi connectivity index (χ0v) is 11.4. The van der Waals surface area contributed by atoms with Crippen LogP contribution in [0.5, 0.6) is 0 Å². The fourth-order valence-electron chi connectivity index (χ4n) is 1.44. The van der Waals surface area contributed by atoms with Crippen LogP contribution in [0.1, 0.15) is 26.7 Å². The Hall–Kier alpha value is -1.13. The molecule has 0 bridgehead atoms. The summed E-state index contributed by atoms with van der Waals surface area (Å²) >= 11 is 5.62. The van der Waals surface area contributed by atoms with Gasteiger partial charge in [0.15, 0.2) is 0 Å². The molecule has 5 heteroatoms. The van der Waals surface area contributed by atoms with Gasteiger partial charge in [-0.2, -0.15) is 0 Å². The normalized spacial score (nSPS) is 10.7. The standard InChI is InChI=1S/C13H18ClFN2O/c1-9(2)16-7-3-4-13(18)17-12-6-5-10(14)8-11(12)15/h5-6,8-9,16H,3-4,7H2,1-2H3,(H,17,18). The summed E-state index contributed by atoms with van der Waals surface area (Å²) in [5, 5.41) is 6.05. The molecule has 0 saturated heterocycles. The molecule has 100 valence electrons. The van der Waals surface area contributed by atoms with Crippen molar-refractivity contribution in [2.24, 2.45) is 0 Å². The van der Waals surface area contributed by atoms with E-state index in [1.165, 1.54) is 12.1 Å². The van der Waals surface area contributed by atoms with Gasteiger partial charge in [-0.25, -0.2) is 4.39 Å². The molecule has 0 aliphatic rings. The van der Waals surface area contributed by atoms with Crippen molar-refractivity contribution in [2.45, 2.75) is 32.7 Å².